The fourth-order valence-electron chi connectivity index (χ4n) is 1.90. The number of phenolic OH excluding ortho intramolecular Hbond substituents is 1. The molecule has 0 aromatic heterocycles. The summed E-state index contributed by atoms with van der Waals surface area (Å²) in [6.07, 6.45) is 3.30. The normalized spacial score (nSPS) is 12.2. The predicted molar refractivity (Wildman–Crippen MR) is 90.0 cm³/mol. The van der Waals surface area contributed by atoms with Gasteiger partial charge in [0.15, 0.2) is 0 Å². The summed E-state index contributed by atoms with van der Waals surface area (Å²) in [6.45, 7) is 2.84. The highest BCUT2D eigenvalue weighted by Crippen LogP contribution is 2.20. The summed E-state index contributed by atoms with van der Waals surface area (Å²) in [6, 6.07) is 4.99. The highest BCUT2D eigenvalue weighted by molar-refractivity contribution is 14.1. The van der Waals surface area contributed by atoms with Gasteiger partial charge in [-0.2, -0.15) is 0 Å². The molecule has 0 aliphatic rings. The Labute approximate surface area is 136 Å². The van der Waals surface area contributed by atoms with E-state index in [4.69, 9.17) is 0 Å². The number of halogens is 2. The average Bonchev–Trinajstić information content (AvgIpc) is 2.39. The van der Waals surface area contributed by atoms with E-state index in [0.29, 0.717) is 18.0 Å². The van der Waals surface area contributed by atoms with Crippen molar-refractivity contribution in [3.05, 3.63) is 27.3 Å². The molecule has 19 heavy (non-hydrogen) atoms. The van der Waals surface area contributed by atoms with E-state index in [1.54, 1.807) is 12.1 Å². The molecule has 3 nitrogen and oxygen atoms in total. The Bertz CT molecular complexity index is 420. The zero-order valence-electron chi connectivity index (χ0n) is 11.0. The number of alkyl halides is 1. The minimum Gasteiger partial charge on any atom is -0.507 e. The van der Waals surface area contributed by atoms with E-state index in [2.05, 4.69) is 28.2 Å². The van der Waals surface area contributed by atoms with Gasteiger partial charge in [0.1, 0.15) is 5.75 Å². The summed E-state index contributed by atoms with van der Waals surface area (Å²) in [5.41, 5.74) is 0.506. The molecule has 0 fully saturated rings. The van der Waals surface area contributed by atoms with Crippen LogP contribution >= 0.6 is 38.5 Å². The third-order valence-corrected chi connectivity index (χ3v) is 4.34. The molecular weight excluding hydrogens is 421 g/mol. The molecule has 1 amide bonds. The molecule has 1 atom stereocenters. The molecule has 1 aromatic carbocycles. The molecule has 1 rings (SSSR count). The van der Waals surface area contributed by atoms with Gasteiger partial charge in [-0.15, -0.1) is 0 Å². The molecule has 1 unspecified atom stereocenters. The molecule has 106 valence electrons. The number of rotatable bonds is 7. The lowest BCUT2D eigenvalue weighted by Crippen LogP contribution is -2.29. The van der Waals surface area contributed by atoms with Gasteiger partial charge in [-0.05, 0) is 59.5 Å². The van der Waals surface area contributed by atoms with Crippen LogP contribution in [0.2, 0.25) is 0 Å². The average molecular weight is 440 g/mol. The fourth-order valence-corrected chi connectivity index (χ4v) is 2.89. The van der Waals surface area contributed by atoms with Crippen LogP contribution < -0.4 is 5.32 Å². The molecule has 5 heteroatoms. The number of hydrogen-bond donors (Lipinski definition) is 2. The van der Waals surface area contributed by atoms with E-state index in [-0.39, 0.29) is 11.7 Å². The number of benzene rings is 1. The van der Waals surface area contributed by atoms with Crippen molar-refractivity contribution in [3.8, 4) is 5.75 Å². The van der Waals surface area contributed by atoms with Crippen molar-refractivity contribution in [1.29, 1.82) is 0 Å². The highest BCUT2D eigenvalue weighted by atomic mass is 127. The quantitative estimate of drug-likeness (QED) is 0.499. The Hall–Kier alpha value is -0.300. The standard InChI is InChI=1S/C14H19BrINO2/c1-2-3-10(6-7-15)9-17-14(19)11-4-5-12(16)13(18)8-11/h4-5,8,10,18H,2-3,6-7,9H2,1H3,(H,17,19). The van der Waals surface area contributed by atoms with Gasteiger partial charge in [-0.25, -0.2) is 0 Å². The first-order valence-corrected chi connectivity index (χ1v) is 8.61. The Morgan fingerprint density at radius 1 is 1.47 bits per heavy atom. The van der Waals surface area contributed by atoms with Crippen molar-refractivity contribution in [1.82, 2.24) is 5.32 Å². The number of amides is 1. The second-order valence-corrected chi connectivity index (χ2v) is 6.46. The van der Waals surface area contributed by atoms with E-state index < -0.39 is 0 Å². The Balaban J connectivity index is 2.56. The minimum absolute atomic E-state index is 0.123. The lowest BCUT2D eigenvalue weighted by atomic mass is 10.0. The van der Waals surface area contributed by atoms with Crippen LogP contribution in [0.4, 0.5) is 0 Å². The Morgan fingerprint density at radius 2 is 2.21 bits per heavy atom. The van der Waals surface area contributed by atoms with E-state index in [1.807, 2.05) is 22.6 Å². The van der Waals surface area contributed by atoms with Gasteiger partial charge in [-0.1, -0.05) is 29.3 Å². The van der Waals surface area contributed by atoms with Crippen LogP contribution in [0.3, 0.4) is 0 Å². The molecule has 1 aromatic rings. The second-order valence-electron chi connectivity index (χ2n) is 4.51. The number of nitrogens with one attached hydrogen (secondary N) is 1. The molecule has 0 radical (unpaired) electrons. The van der Waals surface area contributed by atoms with E-state index in [0.717, 1.165) is 28.2 Å². The predicted octanol–water partition coefficient (Wildman–Crippen LogP) is 3.93. The zero-order valence-corrected chi connectivity index (χ0v) is 14.7. The van der Waals surface area contributed by atoms with Crippen molar-refractivity contribution in [2.45, 2.75) is 26.2 Å². The van der Waals surface area contributed by atoms with Gasteiger partial charge in [0, 0.05) is 17.4 Å². The number of carbonyl (C=O) groups is 1. The highest BCUT2D eigenvalue weighted by Gasteiger charge is 2.11. The number of phenols is 1. The van der Waals surface area contributed by atoms with Gasteiger partial charge in [0.05, 0.1) is 3.57 Å². The van der Waals surface area contributed by atoms with Gasteiger partial charge in [-0.3, -0.25) is 4.79 Å². The maximum atomic E-state index is 12.0. The van der Waals surface area contributed by atoms with Crippen LogP contribution in [0.25, 0.3) is 0 Å². The molecule has 0 saturated carbocycles. The summed E-state index contributed by atoms with van der Waals surface area (Å²) in [5.74, 6) is 0.534. The molecule has 0 bridgehead atoms. The largest absolute Gasteiger partial charge is 0.507 e. The first-order valence-electron chi connectivity index (χ1n) is 6.41. The van der Waals surface area contributed by atoms with Crippen LogP contribution in [0.15, 0.2) is 18.2 Å². The van der Waals surface area contributed by atoms with Gasteiger partial charge < -0.3 is 10.4 Å². The lowest BCUT2D eigenvalue weighted by molar-refractivity contribution is 0.0945. The summed E-state index contributed by atoms with van der Waals surface area (Å²) < 4.78 is 0.747. The molecule has 0 aliphatic heterocycles. The summed E-state index contributed by atoms with van der Waals surface area (Å²) >= 11 is 5.47. The number of aromatic hydroxyl groups is 1. The van der Waals surface area contributed by atoms with Crippen LogP contribution in [-0.2, 0) is 0 Å². The van der Waals surface area contributed by atoms with Crippen molar-refractivity contribution >= 4 is 44.4 Å². The zero-order chi connectivity index (χ0) is 14.3. The van der Waals surface area contributed by atoms with Crippen LogP contribution in [0, 0.1) is 9.49 Å². The first-order chi connectivity index (χ1) is 9.08. The van der Waals surface area contributed by atoms with Gasteiger partial charge >= 0.3 is 0 Å². The lowest BCUT2D eigenvalue weighted by Gasteiger charge is -2.15. The Kier molecular flexibility index (Phi) is 7.75. The topological polar surface area (TPSA) is 49.3 Å². The molecule has 0 saturated heterocycles. The maximum absolute atomic E-state index is 12.0. The monoisotopic (exact) mass is 439 g/mol. The van der Waals surface area contributed by atoms with E-state index in [9.17, 15) is 9.90 Å². The third kappa shape index (κ3) is 5.69. The fraction of sp³-hybridized carbons (Fsp3) is 0.500. The first kappa shape index (κ1) is 16.8. The van der Waals surface area contributed by atoms with Crippen LogP contribution in [0.5, 0.6) is 5.75 Å². The van der Waals surface area contributed by atoms with Crippen LogP contribution in [0.1, 0.15) is 36.5 Å². The smallest absolute Gasteiger partial charge is 0.251 e. The molecular formula is C14H19BrINO2. The van der Waals surface area contributed by atoms with Gasteiger partial charge in [0.25, 0.3) is 5.91 Å². The summed E-state index contributed by atoms with van der Waals surface area (Å²) in [4.78, 5) is 12.0. The second kappa shape index (κ2) is 8.79. The number of carbonyl (C=O) groups excluding carboxylic acids is 1. The number of hydrogen-bond acceptors (Lipinski definition) is 2. The van der Waals surface area contributed by atoms with E-state index in [1.165, 1.54) is 6.07 Å². The van der Waals surface area contributed by atoms with Gasteiger partial charge in [0.2, 0.25) is 0 Å². The molecule has 0 aliphatic carbocycles. The molecule has 2 N–H and O–H groups in total. The maximum Gasteiger partial charge on any atom is 0.251 e. The SMILES string of the molecule is CCCC(CCBr)CNC(=O)c1ccc(I)c(O)c1. The third-order valence-electron chi connectivity index (χ3n) is 2.97. The van der Waals surface area contributed by atoms with Crippen molar-refractivity contribution < 1.29 is 9.90 Å². The van der Waals surface area contributed by atoms with Crippen molar-refractivity contribution in [2.75, 3.05) is 11.9 Å². The summed E-state index contributed by atoms with van der Waals surface area (Å²) in [5, 5.41) is 13.5. The van der Waals surface area contributed by atoms with Crippen molar-refractivity contribution in [2.24, 2.45) is 5.92 Å². The molecule has 0 spiro atoms. The molecule has 0 heterocycles. The van der Waals surface area contributed by atoms with E-state index >= 15 is 0 Å². The Morgan fingerprint density at radius 3 is 2.79 bits per heavy atom. The minimum atomic E-state index is -0.123. The summed E-state index contributed by atoms with van der Waals surface area (Å²) in [7, 11) is 0. The van der Waals surface area contributed by atoms with Crippen LogP contribution in [-0.4, -0.2) is 22.9 Å². The van der Waals surface area contributed by atoms with Crippen molar-refractivity contribution in [3.63, 3.8) is 0 Å².